The summed E-state index contributed by atoms with van der Waals surface area (Å²) in [5.74, 6) is 1.87. The molecule has 0 aliphatic carbocycles. The standard InChI is InChI=1S/C18H28N2O2/c1-21-16-12-15-14-20(9-6-17(15)18(13-16)22-2)11-10-19-7-4-3-5-8-19/h12-13H,3-11,14H2,1-2H3. The molecule has 1 saturated heterocycles. The van der Waals surface area contributed by atoms with Crippen molar-refractivity contribution in [3.05, 3.63) is 23.3 Å². The zero-order valence-electron chi connectivity index (χ0n) is 13.9. The van der Waals surface area contributed by atoms with Gasteiger partial charge in [0.1, 0.15) is 11.5 Å². The van der Waals surface area contributed by atoms with Gasteiger partial charge in [-0.2, -0.15) is 0 Å². The molecule has 0 amide bonds. The van der Waals surface area contributed by atoms with Crippen molar-refractivity contribution >= 4 is 0 Å². The van der Waals surface area contributed by atoms with Gasteiger partial charge in [-0.25, -0.2) is 0 Å². The summed E-state index contributed by atoms with van der Waals surface area (Å²) in [4.78, 5) is 5.18. The van der Waals surface area contributed by atoms with Crippen molar-refractivity contribution in [2.24, 2.45) is 0 Å². The van der Waals surface area contributed by atoms with Crippen molar-refractivity contribution in [1.29, 1.82) is 0 Å². The second kappa shape index (κ2) is 7.34. The molecule has 0 aromatic heterocycles. The number of hydrogen-bond donors (Lipinski definition) is 0. The molecule has 0 saturated carbocycles. The highest BCUT2D eigenvalue weighted by Crippen LogP contribution is 2.32. The monoisotopic (exact) mass is 304 g/mol. The zero-order chi connectivity index (χ0) is 15.4. The molecule has 0 atom stereocenters. The van der Waals surface area contributed by atoms with Crippen LogP contribution >= 0.6 is 0 Å². The van der Waals surface area contributed by atoms with Crippen molar-refractivity contribution in [2.45, 2.75) is 32.2 Å². The number of ether oxygens (including phenoxy) is 2. The molecule has 0 spiro atoms. The minimum Gasteiger partial charge on any atom is -0.497 e. The molecular formula is C18H28N2O2. The zero-order valence-corrected chi connectivity index (χ0v) is 13.9. The lowest BCUT2D eigenvalue weighted by molar-refractivity contribution is 0.173. The number of hydrogen-bond acceptors (Lipinski definition) is 4. The van der Waals surface area contributed by atoms with Gasteiger partial charge >= 0.3 is 0 Å². The molecule has 0 unspecified atom stereocenters. The molecule has 1 fully saturated rings. The fourth-order valence-corrected chi connectivity index (χ4v) is 3.65. The van der Waals surface area contributed by atoms with Crippen LogP contribution in [0.4, 0.5) is 0 Å². The first-order valence-electron chi connectivity index (χ1n) is 8.48. The number of fused-ring (bicyclic) bond motifs is 1. The molecule has 0 bridgehead atoms. The average molecular weight is 304 g/mol. The summed E-state index contributed by atoms with van der Waals surface area (Å²) in [5.41, 5.74) is 2.72. The van der Waals surface area contributed by atoms with Crippen LogP contribution in [0.1, 0.15) is 30.4 Å². The van der Waals surface area contributed by atoms with Crippen molar-refractivity contribution in [3.8, 4) is 11.5 Å². The van der Waals surface area contributed by atoms with E-state index in [1.807, 2.05) is 6.07 Å². The van der Waals surface area contributed by atoms with Crippen LogP contribution in [0.2, 0.25) is 0 Å². The van der Waals surface area contributed by atoms with E-state index in [1.54, 1.807) is 14.2 Å². The highest BCUT2D eigenvalue weighted by molar-refractivity contribution is 5.47. The van der Waals surface area contributed by atoms with E-state index in [0.29, 0.717) is 0 Å². The summed E-state index contributed by atoms with van der Waals surface area (Å²) >= 11 is 0. The number of methoxy groups -OCH3 is 2. The smallest absolute Gasteiger partial charge is 0.126 e. The average Bonchev–Trinajstić information content (AvgIpc) is 2.59. The van der Waals surface area contributed by atoms with Gasteiger partial charge in [0.25, 0.3) is 0 Å². The van der Waals surface area contributed by atoms with Gasteiger partial charge in [0.05, 0.1) is 14.2 Å². The highest BCUT2D eigenvalue weighted by atomic mass is 16.5. The molecule has 22 heavy (non-hydrogen) atoms. The maximum absolute atomic E-state index is 5.54. The first-order chi connectivity index (χ1) is 10.8. The number of nitrogens with zero attached hydrogens (tertiary/aromatic N) is 2. The normalized spacial score (nSPS) is 19.7. The van der Waals surface area contributed by atoms with Gasteiger partial charge in [0.15, 0.2) is 0 Å². The SMILES string of the molecule is COc1cc2c(c(OC)c1)CCN(CCN1CCCCC1)C2. The van der Waals surface area contributed by atoms with Crippen molar-refractivity contribution in [2.75, 3.05) is 46.9 Å². The van der Waals surface area contributed by atoms with E-state index in [4.69, 9.17) is 9.47 Å². The first kappa shape index (κ1) is 15.6. The summed E-state index contributed by atoms with van der Waals surface area (Å²) in [6.07, 6.45) is 5.23. The third-order valence-electron chi connectivity index (χ3n) is 4.98. The Morgan fingerprint density at radius 2 is 1.68 bits per heavy atom. The molecule has 2 heterocycles. The van der Waals surface area contributed by atoms with Crippen LogP contribution in [0.3, 0.4) is 0 Å². The van der Waals surface area contributed by atoms with Crippen molar-refractivity contribution in [1.82, 2.24) is 9.80 Å². The fraction of sp³-hybridized carbons (Fsp3) is 0.667. The lowest BCUT2D eigenvalue weighted by Crippen LogP contribution is -2.39. The molecule has 122 valence electrons. The van der Waals surface area contributed by atoms with Gasteiger partial charge in [0, 0.05) is 37.8 Å². The topological polar surface area (TPSA) is 24.9 Å². The van der Waals surface area contributed by atoms with Gasteiger partial charge in [-0.05, 0) is 44.0 Å². The van der Waals surface area contributed by atoms with E-state index < -0.39 is 0 Å². The van der Waals surface area contributed by atoms with E-state index in [2.05, 4.69) is 15.9 Å². The van der Waals surface area contributed by atoms with Crippen LogP contribution in [0.5, 0.6) is 11.5 Å². The second-order valence-electron chi connectivity index (χ2n) is 6.40. The van der Waals surface area contributed by atoms with Gasteiger partial charge in [-0.15, -0.1) is 0 Å². The summed E-state index contributed by atoms with van der Waals surface area (Å²) < 4.78 is 10.9. The number of piperidine rings is 1. The predicted molar refractivity (Wildman–Crippen MR) is 88.8 cm³/mol. The van der Waals surface area contributed by atoms with Crippen LogP contribution in [0.15, 0.2) is 12.1 Å². The van der Waals surface area contributed by atoms with E-state index in [-0.39, 0.29) is 0 Å². The van der Waals surface area contributed by atoms with Crippen LogP contribution < -0.4 is 9.47 Å². The Bertz CT molecular complexity index is 498. The Labute approximate surface area is 134 Å². The molecule has 4 heteroatoms. The Kier molecular flexibility index (Phi) is 5.21. The minimum atomic E-state index is 0.897. The van der Waals surface area contributed by atoms with Gasteiger partial charge in [-0.3, -0.25) is 4.90 Å². The number of rotatable bonds is 5. The third-order valence-corrected chi connectivity index (χ3v) is 4.98. The Balaban J connectivity index is 1.62. The third kappa shape index (κ3) is 3.55. The van der Waals surface area contributed by atoms with Crippen molar-refractivity contribution in [3.63, 3.8) is 0 Å². The van der Waals surface area contributed by atoms with Crippen LogP contribution in [0, 0.1) is 0 Å². The van der Waals surface area contributed by atoms with Crippen LogP contribution in [-0.4, -0.2) is 56.7 Å². The molecule has 2 aliphatic heterocycles. The van der Waals surface area contributed by atoms with Crippen molar-refractivity contribution < 1.29 is 9.47 Å². The number of benzene rings is 1. The molecule has 4 nitrogen and oxygen atoms in total. The highest BCUT2D eigenvalue weighted by Gasteiger charge is 2.21. The summed E-state index contributed by atoms with van der Waals surface area (Å²) in [6.45, 7) is 7.08. The molecule has 0 radical (unpaired) electrons. The fourth-order valence-electron chi connectivity index (χ4n) is 3.65. The summed E-state index contributed by atoms with van der Waals surface area (Å²) in [5, 5.41) is 0. The van der Waals surface area contributed by atoms with Crippen LogP contribution in [-0.2, 0) is 13.0 Å². The molecule has 1 aromatic rings. The largest absolute Gasteiger partial charge is 0.497 e. The Morgan fingerprint density at radius 3 is 2.41 bits per heavy atom. The second-order valence-corrected chi connectivity index (χ2v) is 6.40. The van der Waals surface area contributed by atoms with Crippen LogP contribution in [0.25, 0.3) is 0 Å². The molecule has 3 rings (SSSR count). The van der Waals surface area contributed by atoms with Gasteiger partial charge in [0.2, 0.25) is 0 Å². The van der Waals surface area contributed by atoms with Gasteiger partial charge in [-0.1, -0.05) is 6.42 Å². The summed E-state index contributed by atoms with van der Waals surface area (Å²) in [7, 11) is 3.47. The lowest BCUT2D eigenvalue weighted by Gasteiger charge is -2.33. The first-order valence-corrected chi connectivity index (χ1v) is 8.48. The molecule has 0 N–H and O–H groups in total. The molecular weight excluding hydrogens is 276 g/mol. The molecule has 1 aromatic carbocycles. The van der Waals surface area contributed by atoms with Gasteiger partial charge < -0.3 is 14.4 Å². The number of likely N-dealkylation sites (tertiary alicyclic amines) is 1. The maximum Gasteiger partial charge on any atom is 0.126 e. The minimum absolute atomic E-state index is 0.897. The summed E-state index contributed by atoms with van der Waals surface area (Å²) in [6, 6.07) is 4.17. The van der Waals surface area contributed by atoms with E-state index in [1.165, 1.54) is 56.6 Å². The van der Waals surface area contributed by atoms with E-state index in [0.717, 1.165) is 31.0 Å². The Hall–Kier alpha value is -1.26. The quantitative estimate of drug-likeness (QED) is 0.834. The van der Waals surface area contributed by atoms with E-state index >= 15 is 0 Å². The Morgan fingerprint density at radius 1 is 0.909 bits per heavy atom. The maximum atomic E-state index is 5.54. The predicted octanol–water partition coefficient (Wildman–Crippen LogP) is 2.55. The van der Waals surface area contributed by atoms with E-state index in [9.17, 15) is 0 Å². The molecule has 2 aliphatic rings. The lowest BCUT2D eigenvalue weighted by atomic mass is 9.98.